The molecule has 1 aromatic heterocycles. The lowest BCUT2D eigenvalue weighted by atomic mass is 10.2. The molecule has 132 valence electrons. The molecular formula is C17H17FN2O4S. The highest BCUT2D eigenvalue weighted by atomic mass is 32.1. The average molecular weight is 364 g/mol. The Morgan fingerprint density at radius 2 is 2.00 bits per heavy atom. The largest absolute Gasteiger partial charge is 0.451 e. The molecule has 1 fully saturated rings. The van der Waals surface area contributed by atoms with Crippen molar-refractivity contribution in [2.75, 3.05) is 6.61 Å². The summed E-state index contributed by atoms with van der Waals surface area (Å²) in [6, 6.07) is 5.45. The van der Waals surface area contributed by atoms with Gasteiger partial charge in [-0.05, 0) is 31.0 Å². The Balaban J connectivity index is 1.49. The molecule has 0 radical (unpaired) electrons. The SMILES string of the molecule is O=C(COC(=O)c1cc2c(F)cccc2s1)NC(=O)NC1CCCC1. The number of fused-ring (bicyclic) bond motifs is 1. The zero-order valence-electron chi connectivity index (χ0n) is 13.3. The maximum absolute atomic E-state index is 13.6. The second-order valence-corrected chi connectivity index (χ2v) is 6.93. The minimum absolute atomic E-state index is 0.0868. The van der Waals surface area contributed by atoms with Crippen LogP contribution < -0.4 is 10.6 Å². The molecule has 1 heterocycles. The van der Waals surface area contributed by atoms with E-state index in [1.807, 2.05) is 0 Å². The van der Waals surface area contributed by atoms with Crippen molar-refractivity contribution < 1.29 is 23.5 Å². The molecule has 1 aliphatic rings. The fraction of sp³-hybridized carbons (Fsp3) is 0.353. The summed E-state index contributed by atoms with van der Waals surface area (Å²) in [5.41, 5.74) is 0. The Morgan fingerprint density at radius 3 is 2.72 bits per heavy atom. The lowest BCUT2D eigenvalue weighted by molar-refractivity contribution is -0.123. The molecule has 0 spiro atoms. The van der Waals surface area contributed by atoms with Gasteiger partial charge in [-0.2, -0.15) is 0 Å². The fourth-order valence-corrected chi connectivity index (χ4v) is 3.75. The molecule has 0 atom stereocenters. The van der Waals surface area contributed by atoms with E-state index in [-0.39, 0.29) is 10.9 Å². The fourth-order valence-electron chi connectivity index (χ4n) is 2.78. The first-order valence-electron chi connectivity index (χ1n) is 7.98. The number of hydrogen-bond donors (Lipinski definition) is 2. The summed E-state index contributed by atoms with van der Waals surface area (Å²) >= 11 is 1.08. The van der Waals surface area contributed by atoms with E-state index in [2.05, 4.69) is 10.6 Å². The second kappa shape index (κ2) is 7.60. The van der Waals surface area contributed by atoms with Gasteiger partial charge in [0.1, 0.15) is 10.7 Å². The predicted molar refractivity (Wildman–Crippen MR) is 91.0 cm³/mol. The summed E-state index contributed by atoms with van der Waals surface area (Å²) < 4.78 is 19.1. The van der Waals surface area contributed by atoms with Crippen LogP contribution in [-0.4, -0.2) is 30.6 Å². The van der Waals surface area contributed by atoms with Gasteiger partial charge in [0, 0.05) is 16.1 Å². The van der Waals surface area contributed by atoms with Gasteiger partial charge in [-0.15, -0.1) is 11.3 Å². The van der Waals surface area contributed by atoms with Crippen LogP contribution in [0.5, 0.6) is 0 Å². The number of imide groups is 1. The van der Waals surface area contributed by atoms with E-state index in [1.54, 1.807) is 12.1 Å². The van der Waals surface area contributed by atoms with Gasteiger partial charge in [0.2, 0.25) is 0 Å². The van der Waals surface area contributed by atoms with Gasteiger partial charge < -0.3 is 10.1 Å². The zero-order chi connectivity index (χ0) is 17.8. The third-order valence-electron chi connectivity index (χ3n) is 3.99. The van der Waals surface area contributed by atoms with E-state index >= 15 is 0 Å². The number of amides is 3. The molecule has 3 amide bonds. The number of thiophene rings is 1. The highest BCUT2D eigenvalue weighted by Crippen LogP contribution is 2.28. The van der Waals surface area contributed by atoms with Crippen LogP contribution in [-0.2, 0) is 9.53 Å². The van der Waals surface area contributed by atoms with E-state index in [0.29, 0.717) is 10.1 Å². The Labute approximate surface area is 147 Å². The van der Waals surface area contributed by atoms with Crippen molar-refractivity contribution in [2.45, 2.75) is 31.7 Å². The van der Waals surface area contributed by atoms with Crippen LogP contribution in [0, 0.1) is 5.82 Å². The molecule has 1 saturated carbocycles. The van der Waals surface area contributed by atoms with Gasteiger partial charge in [0.05, 0.1) is 0 Å². The third-order valence-corrected chi connectivity index (χ3v) is 5.07. The second-order valence-electron chi connectivity index (χ2n) is 5.84. The summed E-state index contributed by atoms with van der Waals surface area (Å²) in [5, 5.41) is 5.16. The molecule has 3 rings (SSSR count). The first-order chi connectivity index (χ1) is 12.0. The molecule has 8 heteroatoms. The molecule has 2 N–H and O–H groups in total. The van der Waals surface area contributed by atoms with Crippen LogP contribution in [0.2, 0.25) is 0 Å². The Kier molecular flexibility index (Phi) is 5.28. The maximum atomic E-state index is 13.6. The summed E-state index contributed by atoms with van der Waals surface area (Å²) in [4.78, 5) is 35.5. The number of esters is 1. The van der Waals surface area contributed by atoms with Gasteiger partial charge in [-0.3, -0.25) is 10.1 Å². The van der Waals surface area contributed by atoms with Gasteiger partial charge in [-0.25, -0.2) is 14.0 Å². The molecule has 0 bridgehead atoms. The highest BCUT2D eigenvalue weighted by Gasteiger charge is 2.19. The standard InChI is InChI=1S/C17H17FN2O4S/c18-12-6-3-7-13-11(12)8-14(25-13)16(22)24-9-15(21)20-17(23)19-10-4-1-2-5-10/h3,6-8,10H,1-2,4-5,9H2,(H2,19,20,21,23). The van der Waals surface area contributed by atoms with Crippen molar-refractivity contribution >= 4 is 39.3 Å². The van der Waals surface area contributed by atoms with E-state index < -0.39 is 30.3 Å². The Hall–Kier alpha value is -2.48. The molecule has 6 nitrogen and oxygen atoms in total. The average Bonchev–Trinajstić information content (AvgIpc) is 3.22. The van der Waals surface area contributed by atoms with E-state index in [0.717, 1.165) is 37.0 Å². The number of urea groups is 1. The molecule has 0 saturated heterocycles. The Bertz CT molecular complexity index is 814. The van der Waals surface area contributed by atoms with Crippen LogP contribution in [0.25, 0.3) is 10.1 Å². The number of nitrogens with one attached hydrogen (secondary N) is 2. The minimum atomic E-state index is -0.730. The normalized spacial score (nSPS) is 14.4. The first-order valence-corrected chi connectivity index (χ1v) is 8.80. The summed E-state index contributed by atoms with van der Waals surface area (Å²) in [6.45, 7) is -0.576. The lowest BCUT2D eigenvalue weighted by Gasteiger charge is -2.12. The van der Waals surface area contributed by atoms with Crippen LogP contribution in [0.4, 0.5) is 9.18 Å². The number of halogens is 1. The summed E-state index contributed by atoms with van der Waals surface area (Å²) in [6.07, 6.45) is 3.93. The summed E-state index contributed by atoms with van der Waals surface area (Å²) in [7, 11) is 0. The first kappa shape index (κ1) is 17.3. The highest BCUT2D eigenvalue weighted by molar-refractivity contribution is 7.20. The van der Waals surface area contributed by atoms with Crippen molar-refractivity contribution in [3.63, 3.8) is 0 Å². The predicted octanol–water partition coefficient (Wildman–Crippen LogP) is 2.97. The smallest absolute Gasteiger partial charge is 0.348 e. The van der Waals surface area contributed by atoms with E-state index in [1.165, 1.54) is 12.1 Å². The zero-order valence-corrected chi connectivity index (χ0v) is 14.2. The number of rotatable bonds is 4. The van der Waals surface area contributed by atoms with Gasteiger partial charge >= 0.3 is 12.0 Å². The number of hydrogen-bond acceptors (Lipinski definition) is 5. The number of carbonyl (C=O) groups is 3. The molecule has 2 aromatic rings. The number of benzene rings is 1. The van der Waals surface area contributed by atoms with Crippen LogP contribution in [0.15, 0.2) is 24.3 Å². The topological polar surface area (TPSA) is 84.5 Å². The molecule has 0 unspecified atom stereocenters. The quantitative estimate of drug-likeness (QED) is 0.817. The van der Waals surface area contributed by atoms with Gasteiger partial charge in [0.15, 0.2) is 6.61 Å². The van der Waals surface area contributed by atoms with Crippen LogP contribution >= 0.6 is 11.3 Å². The molecule has 0 aliphatic heterocycles. The van der Waals surface area contributed by atoms with E-state index in [4.69, 9.17) is 4.74 Å². The van der Waals surface area contributed by atoms with Crippen molar-refractivity contribution in [1.82, 2.24) is 10.6 Å². The minimum Gasteiger partial charge on any atom is -0.451 e. The summed E-state index contributed by atoms with van der Waals surface area (Å²) in [5.74, 6) is -1.86. The molecular weight excluding hydrogens is 347 g/mol. The lowest BCUT2D eigenvalue weighted by Crippen LogP contribution is -2.44. The number of carbonyl (C=O) groups excluding carboxylic acids is 3. The van der Waals surface area contributed by atoms with Crippen molar-refractivity contribution in [3.05, 3.63) is 35.0 Å². The van der Waals surface area contributed by atoms with Gasteiger partial charge in [-0.1, -0.05) is 18.9 Å². The molecule has 1 aromatic carbocycles. The Morgan fingerprint density at radius 1 is 1.24 bits per heavy atom. The molecule has 1 aliphatic carbocycles. The van der Waals surface area contributed by atoms with Gasteiger partial charge in [0.25, 0.3) is 5.91 Å². The van der Waals surface area contributed by atoms with Crippen LogP contribution in [0.1, 0.15) is 35.4 Å². The van der Waals surface area contributed by atoms with Crippen molar-refractivity contribution in [2.24, 2.45) is 0 Å². The number of ether oxygens (including phenoxy) is 1. The molecule has 25 heavy (non-hydrogen) atoms. The maximum Gasteiger partial charge on any atom is 0.348 e. The third kappa shape index (κ3) is 4.33. The van der Waals surface area contributed by atoms with E-state index in [9.17, 15) is 18.8 Å². The van der Waals surface area contributed by atoms with Crippen molar-refractivity contribution in [3.8, 4) is 0 Å². The van der Waals surface area contributed by atoms with Crippen LogP contribution in [0.3, 0.4) is 0 Å². The monoisotopic (exact) mass is 364 g/mol. The van der Waals surface area contributed by atoms with Crippen molar-refractivity contribution in [1.29, 1.82) is 0 Å².